The van der Waals surface area contributed by atoms with Crippen LogP contribution in [0.5, 0.6) is 0 Å². The number of aliphatic hydroxyl groups excluding tert-OH is 1. The highest BCUT2D eigenvalue weighted by atomic mass is 17.2. The summed E-state index contributed by atoms with van der Waals surface area (Å²) in [7, 11) is 0. The number of hydrogen-bond acceptors (Lipinski definition) is 3. The minimum Gasteiger partial charge on any atom is -0.393 e. The Morgan fingerprint density at radius 3 is 2.53 bits per heavy atom. The summed E-state index contributed by atoms with van der Waals surface area (Å²) in [6.45, 7) is 11.9. The molecule has 2 aliphatic heterocycles. The summed E-state index contributed by atoms with van der Waals surface area (Å²) < 4.78 is 0. The summed E-state index contributed by atoms with van der Waals surface area (Å²) in [5.74, 6) is 3.40. The van der Waals surface area contributed by atoms with Crippen molar-refractivity contribution in [2.24, 2.45) is 40.9 Å². The van der Waals surface area contributed by atoms with Crippen LogP contribution < -0.4 is 0 Å². The monoisotopic (exact) mass is 412 g/mol. The zero-order valence-electron chi connectivity index (χ0n) is 19.4. The van der Waals surface area contributed by atoms with Crippen molar-refractivity contribution in [3.8, 4) is 0 Å². The molecule has 0 aromatic rings. The Bertz CT molecular complexity index is 781. The maximum absolute atomic E-state index is 10.3. The Morgan fingerprint density at radius 1 is 1.03 bits per heavy atom. The highest BCUT2D eigenvalue weighted by molar-refractivity contribution is 5.44. The van der Waals surface area contributed by atoms with Gasteiger partial charge in [0.25, 0.3) is 0 Å². The van der Waals surface area contributed by atoms with Crippen LogP contribution in [-0.2, 0) is 9.78 Å². The van der Waals surface area contributed by atoms with E-state index in [0.717, 1.165) is 19.3 Å². The summed E-state index contributed by atoms with van der Waals surface area (Å²) in [4.78, 5) is 12.5. The van der Waals surface area contributed by atoms with Gasteiger partial charge >= 0.3 is 0 Å². The number of fused-ring (bicyclic) bond motifs is 2. The van der Waals surface area contributed by atoms with Gasteiger partial charge in [0.1, 0.15) is 11.2 Å². The topological polar surface area (TPSA) is 38.7 Å². The highest BCUT2D eigenvalue weighted by Gasteiger charge is 2.67. The molecule has 30 heavy (non-hydrogen) atoms. The van der Waals surface area contributed by atoms with Gasteiger partial charge in [-0.2, -0.15) is 0 Å². The van der Waals surface area contributed by atoms with Crippen LogP contribution in [0.1, 0.15) is 73.1 Å². The zero-order valence-corrected chi connectivity index (χ0v) is 19.4. The molecule has 3 heteroatoms. The molecule has 9 atom stereocenters. The first-order valence-electron chi connectivity index (χ1n) is 12.4. The molecule has 0 aromatic carbocycles. The Hall–Kier alpha value is -0.900. The van der Waals surface area contributed by atoms with Crippen LogP contribution in [0.25, 0.3) is 0 Å². The second kappa shape index (κ2) is 7.05. The van der Waals surface area contributed by atoms with E-state index >= 15 is 0 Å². The van der Waals surface area contributed by atoms with Crippen molar-refractivity contribution in [1.82, 2.24) is 0 Å². The molecule has 0 radical (unpaired) electrons. The lowest BCUT2D eigenvalue weighted by Gasteiger charge is -2.61. The van der Waals surface area contributed by atoms with Crippen LogP contribution >= 0.6 is 0 Å². The third-order valence-corrected chi connectivity index (χ3v) is 9.80. The number of hydrogen-bond donors (Lipinski definition) is 1. The van der Waals surface area contributed by atoms with Crippen LogP contribution in [0.3, 0.4) is 0 Å². The summed E-state index contributed by atoms with van der Waals surface area (Å²) in [6.07, 6.45) is 17.9. The molecule has 2 spiro atoms. The first-order valence-corrected chi connectivity index (χ1v) is 12.4. The molecule has 6 aliphatic rings. The number of aliphatic hydroxyl groups is 1. The van der Waals surface area contributed by atoms with Crippen LogP contribution in [0.4, 0.5) is 0 Å². The summed E-state index contributed by atoms with van der Waals surface area (Å²) >= 11 is 0. The van der Waals surface area contributed by atoms with E-state index in [0.29, 0.717) is 41.9 Å². The van der Waals surface area contributed by atoms with E-state index in [1.165, 1.54) is 18.4 Å². The molecule has 1 saturated heterocycles. The highest BCUT2D eigenvalue weighted by Crippen LogP contribution is 2.67. The quantitative estimate of drug-likeness (QED) is 0.454. The molecule has 0 amide bonds. The van der Waals surface area contributed by atoms with Gasteiger partial charge in [-0.3, -0.25) is 0 Å². The van der Waals surface area contributed by atoms with E-state index < -0.39 is 5.60 Å². The van der Waals surface area contributed by atoms with E-state index in [-0.39, 0.29) is 17.1 Å². The van der Waals surface area contributed by atoms with Crippen molar-refractivity contribution in [1.29, 1.82) is 0 Å². The van der Waals surface area contributed by atoms with E-state index in [4.69, 9.17) is 9.78 Å². The maximum Gasteiger partial charge on any atom is 0.146 e. The second-order valence-electron chi connectivity index (χ2n) is 11.7. The Balaban J connectivity index is 1.45. The largest absolute Gasteiger partial charge is 0.393 e. The van der Waals surface area contributed by atoms with Crippen LogP contribution in [0.2, 0.25) is 0 Å². The van der Waals surface area contributed by atoms with Crippen molar-refractivity contribution in [2.75, 3.05) is 0 Å². The van der Waals surface area contributed by atoms with E-state index in [1.807, 2.05) is 0 Å². The summed E-state index contributed by atoms with van der Waals surface area (Å²) in [6, 6.07) is 0. The van der Waals surface area contributed by atoms with E-state index in [2.05, 4.69) is 65.0 Å². The fourth-order valence-corrected chi connectivity index (χ4v) is 7.63. The van der Waals surface area contributed by atoms with Crippen molar-refractivity contribution in [2.45, 2.75) is 90.4 Å². The first kappa shape index (κ1) is 21.0. The minimum absolute atomic E-state index is 0.230. The predicted molar refractivity (Wildman–Crippen MR) is 119 cm³/mol. The summed E-state index contributed by atoms with van der Waals surface area (Å²) in [5, 5.41) is 10.3. The standard InChI is InChI=1S/C27H40O3/c1-17(2)18(3)6-7-19(4)21-10-11-24-25(21,5)13-12-23-22-9-8-20(28)16-26(22)14-15-27(23,24)30-29-26/h6-7,12,14-15,17-22,24,28H,8-11,13,16H2,1-5H3/b7-6+/t18-,19+,20-,21+,22?,24+,25+,26+,27+/m0/s1. The average molecular weight is 413 g/mol. The van der Waals surface area contributed by atoms with Gasteiger partial charge in [0, 0.05) is 18.3 Å². The molecule has 4 aliphatic carbocycles. The maximum atomic E-state index is 10.3. The molecule has 2 heterocycles. The van der Waals surface area contributed by atoms with Gasteiger partial charge in [-0.15, -0.1) is 0 Å². The molecule has 166 valence electrons. The lowest BCUT2D eigenvalue weighted by Crippen LogP contribution is -2.65. The zero-order chi connectivity index (χ0) is 21.3. The van der Waals surface area contributed by atoms with Crippen molar-refractivity contribution in [3.63, 3.8) is 0 Å². The van der Waals surface area contributed by atoms with Crippen molar-refractivity contribution in [3.05, 3.63) is 36.0 Å². The fraction of sp³-hybridized carbons (Fsp3) is 0.778. The van der Waals surface area contributed by atoms with Crippen molar-refractivity contribution < 1.29 is 14.9 Å². The van der Waals surface area contributed by atoms with Gasteiger partial charge in [-0.05, 0) is 78.9 Å². The first-order chi connectivity index (χ1) is 14.2. The SMILES string of the molecule is CC(C)[C@@H](C)/C=C/[C@@H](C)[C@H]1CC[C@@H]2[C@]1(C)CC=C1C3CC[C@H](O)C[C@]34C=C[C@@]12OO4. The molecule has 3 fully saturated rings. The lowest BCUT2D eigenvalue weighted by molar-refractivity contribution is -0.442. The second-order valence-corrected chi connectivity index (χ2v) is 11.7. The fourth-order valence-electron chi connectivity index (χ4n) is 7.63. The molecule has 1 N–H and O–H groups in total. The molecule has 0 aromatic heterocycles. The van der Waals surface area contributed by atoms with E-state index in [9.17, 15) is 5.11 Å². The molecular weight excluding hydrogens is 372 g/mol. The molecule has 2 saturated carbocycles. The Labute approximate surface area is 182 Å². The van der Waals surface area contributed by atoms with Gasteiger partial charge < -0.3 is 5.11 Å². The Morgan fingerprint density at radius 2 is 1.83 bits per heavy atom. The van der Waals surface area contributed by atoms with Crippen molar-refractivity contribution >= 4 is 0 Å². The smallest absolute Gasteiger partial charge is 0.146 e. The number of allylic oxidation sites excluding steroid dienone is 3. The normalized spacial score (nSPS) is 49.0. The van der Waals surface area contributed by atoms with Gasteiger partial charge in [-0.25, -0.2) is 9.78 Å². The molecule has 3 nitrogen and oxygen atoms in total. The van der Waals surface area contributed by atoms with Crippen LogP contribution in [-0.4, -0.2) is 22.4 Å². The van der Waals surface area contributed by atoms with E-state index in [1.54, 1.807) is 0 Å². The van der Waals surface area contributed by atoms with Gasteiger partial charge in [-0.1, -0.05) is 52.8 Å². The predicted octanol–water partition coefficient (Wildman–Crippen LogP) is 6.00. The third kappa shape index (κ3) is 2.81. The molecular formula is C27H40O3. The molecule has 1 unspecified atom stereocenters. The van der Waals surface area contributed by atoms with Crippen LogP contribution in [0, 0.1) is 40.9 Å². The molecule has 6 rings (SSSR count). The summed E-state index contributed by atoms with van der Waals surface area (Å²) in [5.41, 5.74) is 0.862. The third-order valence-electron chi connectivity index (χ3n) is 9.80. The van der Waals surface area contributed by atoms with Crippen LogP contribution in [0.15, 0.2) is 36.0 Å². The van der Waals surface area contributed by atoms with Gasteiger partial charge in [0.05, 0.1) is 6.10 Å². The van der Waals surface area contributed by atoms with Gasteiger partial charge in [0.2, 0.25) is 0 Å². The number of rotatable bonds is 4. The van der Waals surface area contributed by atoms with Gasteiger partial charge in [0.15, 0.2) is 0 Å². The minimum atomic E-state index is -0.444. The average Bonchev–Trinajstić information content (AvgIpc) is 3.08. The lowest BCUT2D eigenvalue weighted by atomic mass is 9.51. The Kier molecular flexibility index (Phi) is 4.93. The molecule has 2 bridgehead atoms.